The maximum absolute atomic E-state index is 13.2. The van der Waals surface area contributed by atoms with Crippen LogP contribution < -0.4 is 14.2 Å². The van der Waals surface area contributed by atoms with Crippen molar-refractivity contribution in [1.29, 1.82) is 0 Å². The van der Waals surface area contributed by atoms with Crippen molar-refractivity contribution >= 4 is 0 Å². The molecule has 0 radical (unpaired) electrons. The number of ether oxygens (including phenoxy) is 3. The average Bonchev–Trinajstić information content (AvgIpc) is 2.89. The van der Waals surface area contributed by atoms with E-state index in [9.17, 15) is 39.5 Å². The number of rotatable bonds is 9. The molecule has 0 spiro atoms. The first-order valence-electron chi connectivity index (χ1n) is 10.4. The minimum absolute atomic E-state index is 0.250. The molecule has 0 bridgehead atoms. The van der Waals surface area contributed by atoms with Crippen molar-refractivity contribution in [3.63, 3.8) is 0 Å². The Morgan fingerprint density at radius 1 is 0.421 bits per heavy atom. The molecular weight excluding hydrogens is 531 g/mol. The lowest BCUT2D eigenvalue weighted by Crippen LogP contribution is -2.25. The van der Waals surface area contributed by atoms with Crippen LogP contribution in [0, 0.1) is 0 Å². The van der Waals surface area contributed by atoms with Crippen molar-refractivity contribution in [3.8, 4) is 17.2 Å². The number of benzene rings is 3. The summed E-state index contributed by atoms with van der Waals surface area (Å²) in [5.41, 5.74) is 0.284. The molecular formula is C26H15F9O3. The van der Waals surface area contributed by atoms with E-state index in [2.05, 4.69) is 14.2 Å². The van der Waals surface area contributed by atoms with Gasteiger partial charge < -0.3 is 14.2 Å². The van der Waals surface area contributed by atoms with Gasteiger partial charge in [-0.05, 0) is 60.0 Å². The van der Waals surface area contributed by atoms with Crippen LogP contribution in [-0.2, 0) is 5.41 Å². The zero-order valence-electron chi connectivity index (χ0n) is 19.1. The minimum atomic E-state index is -2.65. The molecule has 3 rings (SSSR count). The first kappa shape index (κ1) is 28.2. The monoisotopic (exact) mass is 546 g/mol. The molecule has 0 amide bonds. The molecule has 0 unspecified atom stereocenters. The van der Waals surface area contributed by atoms with Crippen molar-refractivity contribution in [1.82, 2.24) is 0 Å². The highest BCUT2D eigenvalue weighted by Crippen LogP contribution is 2.41. The van der Waals surface area contributed by atoms with Gasteiger partial charge in [-0.2, -0.15) is 39.5 Å². The first-order valence-corrected chi connectivity index (χ1v) is 10.4. The van der Waals surface area contributed by atoms with Crippen molar-refractivity contribution < 1.29 is 53.7 Å². The van der Waals surface area contributed by atoms with Crippen LogP contribution in [0.2, 0.25) is 0 Å². The summed E-state index contributed by atoms with van der Waals surface area (Å²) in [4.78, 5) is 0. The second kappa shape index (κ2) is 11.8. The molecule has 0 atom stereocenters. The molecule has 0 saturated carbocycles. The fourth-order valence-corrected chi connectivity index (χ4v) is 3.50. The molecule has 3 nitrogen and oxygen atoms in total. The highest BCUT2D eigenvalue weighted by molar-refractivity contribution is 5.52. The fourth-order valence-electron chi connectivity index (χ4n) is 3.50. The molecule has 0 fully saturated rings. The highest BCUT2D eigenvalue weighted by Gasteiger charge is 2.31. The predicted octanol–water partition coefficient (Wildman–Crippen LogP) is 9.28. The van der Waals surface area contributed by atoms with Gasteiger partial charge in [-0.1, -0.05) is 36.4 Å². The number of hydrogen-bond donors (Lipinski definition) is 0. The normalized spacial score (nSPS) is 10.9. The Hall–Kier alpha value is -4.35. The van der Waals surface area contributed by atoms with Gasteiger partial charge in [-0.15, -0.1) is 0 Å². The fraction of sp³-hybridized carbons (Fsp3) is 0.0769. The van der Waals surface area contributed by atoms with E-state index in [-0.39, 0.29) is 17.2 Å². The summed E-state index contributed by atoms with van der Waals surface area (Å²) in [6.07, 6.45) is -7.95. The molecule has 12 heteroatoms. The number of hydrogen-bond acceptors (Lipinski definition) is 3. The minimum Gasteiger partial charge on any atom is -0.428 e. The summed E-state index contributed by atoms with van der Waals surface area (Å²) in [7, 11) is 0. The summed E-state index contributed by atoms with van der Waals surface area (Å²) in [5, 5.41) is 0. The average molecular weight is 546 g/mol. The first-order chi connectivity index (χ1) is 17.9. The standard InChI is InChI=1S/C26H15F9O3/c1-26(14-2-8-17(9-3-14)36-23(33)20(27)28,15-4-10-18(11-5-15)37-24(34)21(29)30)16-6-12-19(13-7-16)38-25(35)22(31)32/h2-13H,1H3. The summed E-state index contributed by atoms with van der Waals surface area (Å²) in [6.45, 7) is 1.68. The SMILES string of the molecule is CC(c1ccc(OC(F)=C(F)F)cc1)(c1ccc(OC(F)=C(F)F)cc1)c1ccc(OC(F)=C(F)F)cc1. The predicted molar refractivity (Wildman–Crippen MR) is 118 cm³/mol. The van der Waals surface area contributed by atoms with Crippen molar-refractivity contribution in [2.45, 2.75) is 12.3 Å². The van der Waals surface area contributed by atoms with E-state index in [0.29, 0.717) is 16.7 Å². The Balaban J connectivity index is 2.05. The van der Waals surface area contributed by atoms with Crippen LogP contribution in [0.25, 0.3) is 0 Å². The third kappa shape index (κ3) is 6.50. The van der Waals surface area contributed by atoms with Gasteiger partial charge in [0.15, 0.2) is 0 Å². The molecule has 0 saturated heterocycles. The van der Waals surface area contributed by atoms with Gasteiger partial charge in [-0.25, -0.2) is 0 Å². The molecule has 3 aromatic rings. The van der Waals surface area contributed by atoms with Crippen molar-refractivity contribution in [3.05, 3.63) is 126 Å². The second-order valence-electron chi connectivity index (χ2n) is 7.61. The Labute approximate surface area is 209 Å². The van der Waals surface area contributed by atoms with Crippen LogP contribution in [0.5, 0.6) is 17.2 Å². The summed E-state index contributed by atoms with van der Waals surface area (Å²) in [5.74, 6) is -0.750. The maximum Gasteiger partial charge on any atom is 0.344 e. The molecule has 0 aromatic heterocycles. The van der Waals surface area contributed by atoms with Crippen LogP contribution in [0.15, 0.2) is 109 Å². The van der Waals surface area contributed by atoms with Crippen molar-refractivity contribution in [2.75, 3.05) is 0 Å². The van der Waals surface area contributed by atoms with Gasteiger partial charge in [-0.3, -0.25) is 0 Å². The molecule has 3 aromatic carbocycles. The molecule has 0 aliphatic heterocycles. The lowest BCUT2D eigenvalue weighted by molar-refractivity contribution is 0.241. The lowest BCUT2D eigenvalue weighted by Gasteiger charge is -2.32. The molecule has 0 heterocycles. The van der Waals surface area contributed by atoms with Gasteiger partial charge in [0, 0.05) is 5.41 Å². The molecule has 0 aliphatic carbocycles. The topological polar surface area (TPSA) is 27.7 Å². The van der Waals surface area contributed by atoms with E-state index in [4.69, 9.17) is 0 Å². The molecule has 38 heavy (non-hydrogen) atoms. The Morgan fingerprint density at radius 2 is 0.632 bits per heavy atom. The van der Waals surface area contributed by atoms with E-state index in [1.54, 1.807) is 6.92 Å². The lowest BCUT2D eigenvalue weighted by atomic mass is 9.71. The van der Waals surface area contributed by atoms with Crippen LogP contribution in [0.1, 0.15) is 23.6 Å². The van der Waals surface area contributed by atoms with Gasteiger partial charge in [0.1, 0.15) is 17.2 Å². The van der Waals surface area contributed by atoms with Gasteiger partial charge in [0.05, 0.1) is 0 Å². The molecule has 0 N–H and O–H groups in total. The van der Waals surface area contributed by atoms with E-state index in [0.717, 1.165) is 0 Å². The Bertz CT molecular complexity index is 1180. The van der Waals surface area contributed by atoms with Gasteiger partial charge in [0.25, 0.3) is 0 Å². The third-order valence-electron chi connectivity index (χ3n) is 5.36. The molecule has 0 aliphatic rings. The van der Waals surface area contributed by atoms with Gasteiger partial charge >= 0.3 is 36.3 Å². The number of halogens is 9. The summed E-state index contributed by atoms with van der Waals surface area (Å²) < 4.78 is 127. The van der Waals surface area contributed by atoms with E-state index >= 15 is 0 Å². The van der Waals surface area contributed by atoms with E-state index in [1.165, 1.54) is 72.8 Å². The summed E-state index contributed by atoms with van der Waals surface area (Å²) in [6, 6.07) is 9.56. The second-order valence-corrected chi connectivity index (χ2v) is 7.61. The largest absolute Gasteiger partial charge is 0.428 e. The zero-order valence-corrected chi connectivity index (χ0v) is 19.1. The quantitative estimate of drug-likeness (QED) is 0.152. The molecule has 200 valence electrons. The van der Waals surface area contributed by atoms with E-state index in [1.807, 2.05) is 0 Å². The zero-order chi connectivity index (χ0) is 28.0. The van der Waals surface area contributed by atoms with Crippen LogP contribution in [-0.4, -0.2) is 0 Å². The maximum atomic E-state index is 13.2. The third-order valence-corrected chi connectivity index (χ3v) is 5.36. The van der Waals surface area contributed by atoms with Gasteiger partial charge in [0.2, 0.25) is 0 Å². The van der Waals surface area contributed by atoms with E-state index < -0.39 is 41.7 Å². The van der Waals surface area contributed by atoms with Crippen LogP contribution in [0.4, 0.5) is 39.5 Å². The smallest absolute Gasteiger partial charge is 0.344 e. The Kier molecular flexibility index (Phi) is 8.76. The van der Waals surface area contributed by atoms with Crippen LogP contribution in [0.3, 0.4) is 0 Å². The summed E-state index contributed by atoms with van der Waals surface area (Å²) >= 11 is 0. The highest BCUT2D eigenvalue weighted by atomic mass is 19.3. The Morgan fingerprint density at radius 3 is 0.816 bits per heavy atom. The van der Waals surface area contributed by atoms with Crippen LogP contribution >= 0.6 is 0 Å². The van der Waals surface area contributed by atoms with Crippen molar-refractivity contribution in [2.24, 2.45) is 0 Å².